The lowest BCUT2D eigenvalue weighted by molar-refractivity contribution is -0.383. The largest absolute Gasteiger partial charge is 0.508 e. The highest BCUT2D eigenvalue weighted by molar-refractivity contribution is 9.10. The Morgan fingerprint density at radius 1 is 1.31 bits per heavy atom. The van der Waals surface area contributed by atoms with Crippen molar-refractivity contribution in [3.8, 4) is 0 Å². The van der Waals surface area contributed by atoms with E-state index in [0.29, 0.717) is 31.6 Å². The first-order valence-corrected chi connectivity index (χ1v) is 9.87. The van der Waals surface area contributed by atoms with Crippen molar-refractivity contribution < 1.29 is 19.2 Å². The molecule has 0 radical (unpaired) electrons. The van der Waals surface area contributed by atoms with Crippen LogP contribution in [0.4, 0.5) is 27.8 Å². The number of carbonyl (C=O) groups excluding carboxylic acids is 1. The molecule has 2 heterocycles. The smallest absolute Gasteiger partial charge is 0.435 e. The van der Waals surface area contributed by atoms with E-state index in [9.17, 15) is 14.9 Å². The molecule has 0 bridgehead atoms. The van der Waals surface area contributed by atoms with Gasteiger partial charge in [-0.15, -0.1) is 0 Å². The molecule has 1 aromatic heterocycles. The third kappa shape index (κ3) is 5.31. The number of rotatable bonds is 6. The SMILES string of the molecule is CCOC(=O)OC1CCN(c2ncnc(Nc3ccc(Br)cc3)c2[N+](=O)[O-])CC1. The average molecular weight is 466 g/mol. The Labute approximate surface area is 175 Å². The van der Waals surface area contributed by atoms with E-state index >= 15 is 0 Å². The molecule has 154 valence electrons. The Morgan fingerprint density at radius 3 is 2.62 bits per heavy atom. The van der Waals surface area contributed by atoms with Gasteiger partial charge >= 0.3 is 11.8 Å². The summed E-state index contributed by atoms with van der Waals surface area (Å²) in [5.74, 6) is 0.353. The molecule has 0 amide bonds. The van der Waals surface area contributed by atoms with Gasteiger partial charge in [-0.3, -0.25) is 10.1 Å². The normalized spacial score (nSPS) is 14.3. The summed E-state index contributed by atoms with van der Waals surface area (Å²) in [6.07, 6.45) is 1.36. The summed E-state index contributed by atoms with van der Waals surface area (Å²) in [6.45, 7) is 2.87. The van der Waals surface area contributed by atoms with Gasteiger partial charge in [0.25, 0.3) is 0 Å². The van der Waals surface area contributed by atoms with Crippen LogP contribution < -0.4 is 10.2 Å². The number of aromatic nitrogens is 2. The molecule has 10 nitrogen and oxygen atoms in total. The summed E-state index contributed by atoms with van der Waals surface area (Å²) in [5, 5.41) is 14.8. The molecule has 1 aromatic carbocycles. The van der Waals surface area contributed by atoms with E-state index in [1.165, 1.54) is 6.33 Å². The monoisotopic (exact) mass is 465 g/mol. The van der Waals surface area contributed by atoms with E-state index in [0.717, 1.165) is 4.47 Å². The molecule has 29 heavy (non-hydrogen) atoms. The summed E-state index contributed by atoms with van der Waals surface area (Å²) in [6, 6.07) is 7.22. The molecule has 1 aliphatic rings. The first-order chi connectivity index (χ1) is 14.0. The number of halogens is 1. The van der Waals surface area contributed by atoms with E-state index < -0.39 is 11.1 Å². The van der Waals surface area contributed by atoms with Crippen molar-refractivity contribution in [2.24, 2.45) is 0 Å². The number of nitro groups is 1. The molecule has 0 unspecified atom stereocenters. The second-order valence-electron chi connectivity index (χ2n) is 6.27. The molecule has 2 aromatic rings. The lowest BCUT2D eigenvalue weighted by Gasteiger charge is -2.31. The van der Waals surface area contributed by atoms with Crippen LogP contribution in [0.2, 0.25) is 0 Å². The Balaban J connectivity index is 1.75. The molecule has 0 saturated carbocycles. The van der Waals surface area contributed by atoms with Crippen molar-refractivity contribution in [3.63, 3.8) is 0 Å². The van der Waals surface area contributed by atoms with E-state index in [4.69, 9.17) is 9.47 Å². The fraction of sp³-hybridized carbons (Fsp3) is 0.389. The number of benzene rings is 1. The predicted octanol–water partition coefficient (Wildman–Crippen LogP) is 4.03. The van der Waals surface area contributed by atoms with Crippen LogP contribution in [0.25, 0.3) is 0 Å². The molecular formula is C18H20BrN5O5. The third-order valence-corrected chi connectivity index (χ3v) is 4.89. The third-order valence-electron chi connectivity index (χ3n) is 4.36. The molecule has 1 saturated heterocycles. The maximum Gasteiger partial charge on any atom is 0.508 e. The highest BCUT2D eigenvalue weighted by Crippen LogP contribution is 2.35. The van der Waals surface area contributed by atoms with Crippen molar-refractivity contribution in [2.45, 2.75) is 25.9 Å². The molecular weight excluding hydrogens is 446 g/mol. The summed E-state index contributed by atoms with van der Waals surface area (Å²) in [5.41, 5.74) is 0.475. The summed E-state index contributed by atoms with van der Waals surface area (Å²) in [4.78, 5) is 32.8. The Kier molecular flexibility index (Phi) is 6.81. The van der Waals surface area contributed by atoms with Gasteiger partial charge in [0.05, 0.1) is 11.5 Å². The number of anilines is 3. The van der Waals surface area contributed by atoms with Gasteiger partial charge in [-0.25, -0.2) is 14.8 Å². The van der Waals surface area contributed by atoms with Gasteiger partial charge in [0, 0.05) is 36.1 Å². The van der Waals surface area contributed by atoms with Crippen LogP contribution in [0.1, 0.15) is 19.8 Å². The summed E-state index contributed by atoms with van der Waals surface area (Å²) < 4.78 is 10.9. The number of ether oxygens (including phenoxy) is 2. The zero-order valence-corrected chi connectivity index (χ0v) is 17.3. The van der Waals surface area contributed by atoms with Gasteiger partial charge < -0.3 is 19.7 Å². The number of piperidine rings is 1. The molecule has 1 fully saturated rings. The van der Waals surface area contributed by atoms with Gasteiger partial charge in [0.15, 0.2) is 0 Å². The zero-order valence-electron chi connectivity index (χ0n) is 15.7. The van der Waals surface area contributed by atoms with Crippen LogP contribution in [0.5, 0.6) is 0 Å². The van der Waals surface area contributed by atoms with Crippen molar-refractivity contribution in [2.75, 3.05) is 29.9 Å². The highest BCUT2D eigenvalue weighted by Gasteiger charge is 2.31. The first kappa shape index (κ1) is 20.8. The van der Waals surface area contributed by atoms with E-state index in [1.807, 2.05) is 12.1 Å². The predicted molar refractivity (Wildman–Crippen MR) is 109 cm³/mol. The van der Waals surface area contributed by atoms with Crippen LogP contribution in [0.3, 0.4) is 0 Å². The second-order valence-corrected chi connectivity index (χ2v) is 7.19. The van der Waals surface area contributed by atoms with Gasteiger partial charge in [0.1, 0.15) is 12.4 Å². The van der Waals surface area contributed by atoms with Crippen molar-refractivity contribution in [3.05, 3.63) is 45.2 Å². The standard InChI is InChI=1S/C18H20BrN5O5/c1-2-28-18(25)29-14-7-9-23(10-8-14)17-15(24(26)27)16(20-11-21-17)22-13-5-3-12(19)4-6-13/h3-6,11,14H,2,7-10H2,1H3,(H,20,21,22). The van der Waals surface area contributed by atoms with Gasteiger partial charge in [-0.2, -0.15) is 0 Å². The Morgan fingerprint density at radius 2 is 2.00 bits per heavy atom. The highest BCUT2D eigenvalue weighted by atomic mass is 79.9. The van der Waals surface area contributed by atoms with Crippen LogP contribution >= 0.6 is 15.9 Å². The quantitative estimate of drug-likeness (QED) is 0.382. The second kappa shape index (κ2) is 9.50. The zero-order chi connectivity index (χ0) is 20.8. The van der Waals surface area contributed by atoms with Crippen LogP contribution in [0, 0.1) is 10.1 Å². The van der Waals surface area contributed by atoms with E-state index in [1.54, 1.807) is 24.0 Å². The Hall–Kier alpha value is -2.95. The number of carbonyl (C=O) groups is 1. The molecule has 1 N–H and O–H groups in total. The van der Waals surface area contributed by atoms with Crippen LogP contribution in [0.15, 0.2) is 35.1 Å². The van der Waals surface area contributed by atoms with Gasteiger partial charge in [-0.05, 0) is 31.2 Å². The topological polar surface area (TPSA) is 120 Å². The van der Waals surface area contributed by atoms with Crippen molar-refractivity contribution >= 4 is 45.1 Å². The van der Waals surface area contributed by atoms with Gasteiger partial charge in [-0.1, -0.05) is 15.9 Å². The molecule has 0 spiro atoms. The molecule has 0 atom stereocenters. The average Bonchev–Trinajstić information content (AvgIpc) is 2.70. The lowest BCUT2D eigenvalue weighted by Crippen LogP contribution is -2.38. The number of hydrogen-bond donors (Lipinski definition) is 1. The van der Waals surface area contributed by atoms with Crippen LogP contribution in [-0.2, 0) is 9.47 Å². The minimum atomic E-state index is -0.694. The van der Waals surface area contributed by atoms with E-state index in [-0.39, 0.29) is 30.0 Å². The summed E-state index contributed by atoms with van der Waals surface area (Å²) in [7, 11) is 0. The van der Waals surface area contributed by atoms with E-state index in [2.05, 4.69) is 31.2 Å². The molecule has 1 aliphatic heterocycles. The number of nitrogens with one attached hydrogen (secondary N) is 1. The molecule has 11 heteroatoms. The van der Waals surface area contributed by atoms with Gasteiger partial charge in [0.2, 0.25) is 11.6 Å². The fourth-order valence-corrected chi connectivity index (χ4v) is 3.27. The maximum atomic E-state index is 11.8. The number of hydrogen-bond acceptors (Lipinski definition) is 9. The molecule has 0 aliphatic carbocycles. The fourth-order valence-electron chi connectivity index (χ4n) is 3.00. The van der Waals surface area contributed by atoms with Crippen molar-refractivity contribution in [1.29, 1.82) is 0 Å². The van der Waals surface area contributed by atoms with Crippen LogP contribution in [-0.4, -0.2) is 46.8 Å². The lowest BCUT2D eigenvalue weighted by atomic mass is 10.1. The number of nitrogens with zero attached hydrogens (tertiary/aromatic N) is 4. The minimum Gasteiger partial charge on any atom is -0.435 e. The molecule has 3 rings (SSSR count). The minimum absolute atomic E-state index is 0.118. The summed E-state index contributed by atoms with van der Waals surface area (Å²) >= 11 is 3.35. The Bertz CT molecular complexity index is 871. The first-order valence-electron chi connectivity index (χ1n) is 9.08. The maximum absolute atomic E-state index is 11.8. The van der Waals surface area contributed by atoms with Crippen molar-refractivity contribution in [1.82, 2.24) is 9.97 Å².